The van der Waals surface area contributed by atoms with Crippen molar-refractivity contribution in [1.29, 1.82) is 0 Å². The van der Waals surface area contributed by atoms with Crippen molar-refractivity contribution in [3.05, 3.63) is 39.9 Å². The third kappa shape index (κ3) is 5.48. The van der Waals surface area contributed by atoms with Gasteiger partial charge < -0.3 is 10.2 Å². The Balaban J connectivity index is 2.22. The summed E-state index contributed by atoms with van der Waals surface area (Å²) in [5.41, 5.74) is 1.09. The maximum atomic E-state index is 11.3. The van der Waals surface area contributed by atoms with Crippen molar-refractivity contribution in [2.75, 3.05) is 20.6 Å². The van der Waals surface area contributed by atoms with Gasteiger partial charge in [0, 0.05) is 39.2 Å². The molecule has 0 fully saturated rings. The van der Waals surface area contributed by atoms with E-state index >= 15 is 0 Å². The molecular formula is C13H19N3O3. The normalized spacial score (nSPS) is 10.2. The van der Waals surface area contributed by atoms with Crippen LogP contribution in [0.4, 0.5) is 5.69 Å². The first kappa shape index (κ1) is 15.1. The Hall–Kier alpha value is -1.95. The van der Waals surface area contributed by atoms with Gasteiger partial charge in [-0.2, -0.15) is 0 Å². The van der Waals surface area contributed by atoms with Crippen LogP contribution in [0.5, 0.6) is 0 Å². The summed E-state index contributed by atoms with van der Waals surface area (Å²) in [7, 11) is 3.49. The minimum Gasteiger partial charge on any atom is -0.349 e. The summed E-state index contributed by atoms with van der Waals surface area (Å²) in [6.45, 7) is 1.39. The Labute approximate surface area is 112 Å². The van der Waals surface area contributed by atoms with Crippen molar-refractivity contribution in [3.63, 3.8) is 0 Å². The fourth-order valence-corrected chi connectivity index (χ4v) is 1.56. The fraction of sp³-hybridized carbons (Fsp3) is 0.462. The number of nitrogens with zero attached hydrogens (tertiary/aromatic N) is 2. The number of rotatable bonds is 7. The highest BCUT2D eigenvalue weighted by molar-refractivity contribution is 5.75. The van der Waals surface area contributed by atoms with Gasteiger partial charge in [-0.3, -0.25) is 14.9 Å². The van der Waals surface area contributed by atoms with Gasteiger partial charge in [-0.05, 0) is 18.5 Å². The zero-order valence-corrected chi connectivity index (χ0v) is 11.3. The lowest BCUT2D eigenvalue weighted by atomic mass is 10.2. The van der Waals surface area contributed by atoms with Gasteiger partial charge in [-0.1, -0.05) is 12.1 Å². The SMILES string of the molecule is CN(C)C(=O)CCCNCc1ccc([N+](=O)[O-])cc1. The Morgan fingerprint density at radius 2 is 1.95 bits per heavy atom. The summed E-state index contributed by atoms with van der Waals surface area (Å²) in [4.78, 5) is 23.0. The number of carbonyl (C=O) groups excluding carboxylic acids is 1. The van der Waals surface area contributed by atoms with E-state index in [9.17, 15) is 14.9 Å². The van der Waals surface area contributed by atoms with Crippen LogP contribution in [0.15, 0.2) is 24.3 Å². The number of nitro groups is 1. The lowest BCUT2D eigenvalue weighted by Crippen LogP contribution is -2.23. The van der Waals surface area contributed by atoms with Gasteiger partial charge in [0.15, 0.2) is 0 Å². The van der Waals surface area contributed by atoms with Crippen molar-refractivity contribution in [1.82, 2.24) is 10.2 Å². The number of hydrogen-bond acceptors (Lipinski definition) is 4. The summed E-state index contributed by atoms with van der Waals surface area (Å²) < 4.78 is 0. The molecule has 1 aromatic carbocycles. The molecule has 19 heavy (non-hydrogen) atoms. The first-order chi connectivity index (χ1) is 9.00. The van der Waals surface area contributed by atoms with E-state index in [1.165, 1.54) is 12.1 Å². The van der Waals surface area contributed by atoms with E-state index in [4.69, 9.17) is 0 Å². The molecule has 1 N–H and O–H groups in total. The molecule has 0 spiro atoms. The smallest absolute Gasteiger partial charge is 0.269 e. The monoisotopic (exact) mass is 265 g/mol. The van der Waals surface area contributed by atoms with Crippen LogP contribution in [0.25, 0.3) is 0 Å². The molecular weight excluding hydrogens is 246 g/mol. The van der Waals surface area contributed by atoms with E-state index in [1.807, 2.05) is 0 Å². The van der Waals surface area contributed by atoms with Crippen LogP contribution in [-0.2, 0) is 11.3 Å². The van der Waals surface area contributed by atoms with Crippen molar-refractivity contribution < 1.29 is 9.72 Å². The average Bonchev–Trinajstić information content (AvgIpc) is 2.38. The molecule has 0 heterocycles. The number of nitro benzene ring substituents is 1. The summed E-state index contributed by atoms with van der Waals surface area (Å²) in [5.74, 6) is 0.122. The number of benzene rings is 1. The summed E-state index contributed by atoms with van der Waals surface area (Å²) in [6, 6.07) is 6.45. The molecule has 6 heteroatoms. The Morgan fingerprint density at radius 3 is 2.47 bits per heavy atom. The molecule has 104 valence electrons. The second-order valence-corrected chi connectivity index (χ2v) is 4.49. The first-order valence-corrected chi connectivity index (χ1v) is 6.15. The number of nitrogens with one attached hydrogen (secondary N) is 1. The molecule has 0 aliphatic carbocycles. The standard InChI is InChI=1S/C13H19N3O3/c1-15(2)13(17)4-3-9-14-10-11-5-7-12(8-6-11)16(18)19/h5-8,14H,3-4,9-10H2,1-2H3. The topological polar surface area (TPSA) is 75.5 Å². The van der Waals surface area contributed by atoms with Crippen LogP contribution in [0.1, 0.15) is 18.4 Å². The number of non-ortho nitro benzene ring substituents is 1. The van der Waals surface area contributed by atoms with E-state index in [1.54, 1.807) is 31.1 Å². The van der Waals surface area contributed by atoms with Gasteiger partial charge >= 0.3 is 0 Å². The Bertz CT molecular complexity index is 429. The van der Waals surface area contributed by atoms with Gasteiger partial charge in [0.05, 0.1) is 4.92 Å². The Kier molecular flexibility index (Phi) is 5.95. The lowest BCUT2D eigenvalue weighted by Gasteiger charge is -2.10. The Morgan fingerprint density at radius 1 is 1.32 bits per heavy atom. The highest BCUT2D eigenvalue weighted by Crippen LogP contribution is 2.11. The van der Waals surface area contributed by atoms with Crippen LogP contribution in [0.3, 0.4) is 0 Å². The molecule has 0 aromatic heterocycles. The molecule has 1 amide bonds. The van der Waals surface area contributed by atoms with Gasteiger partial charge in [0.1, 0.15) is 0 Å². The van der Waals surface area contributed by atoms with Gasteiger partial charge in [0.25, 0.3) is 5.69 Å². The van der Waals surface area contributed by atoms with Crippen LogP contribution >= 0.6 is 0 Å². The fourth-order valence-electron chi connectivity index (χ4n) is 1.56. The average molecular weight is 265 g/mol. The maximum Gasteiger partial charge on any atom is 0.269 e. The largest absolute Gasteiger partial charge is 0.349 e. The molecule has 0 radical (unpaired) electrons. The van der Waals surface area contributed by atoms with Crippen LogP contribution in [0, 0.1) is 10.1 Å². The molecule has 0 aliphatic heterocycles. The molecule has 1 rings (SSSR count). The minimum atomic E-state index is -0.413. The molecule has 0 saturated heterocycles. The van der Waals surface area contributed by atoms with Gasteiger partial charge in [-0.15, -0.1) is 0 Å². The van der Waals surface area contributed by atoms with Crippen molar-refractivity contribution in [3.8, 4) is 0 Å². The number of amides is 1. The number of carbonyl (C=O) groups is 1. The van der Waals surface area contributed by atoms with E-state index in [0.29, 0.717) is 13.0 Å². The van der Waals surface area contributed by atoms with Crippen molar-refractivity contribution in [2.45, 2.75) is 19.4 Å². The molecule has 1 aromatic rings. The second kappa shape index (κ2) is 7.48. The third-order valence-corrected chi connectivity index (χ3v) is 2.72. The van der Waals surface area contributed by atoms with Crippen LogP contribution in [0.2, 0.25) is 0 Å². The molecule has 6 nitrogen and oxygen atoms in total. The zero-order chi connectivity index (χ0) is 14.3. The first-order valence-electron chi connectivity index (χ1n) is 6.15. The molecule has 0 saturated carbocycles. The highest BCUT2D eigenvalue weighted by atomic mass is 16.6. The van der Waals surface area contributed by atoms with Crippen LogP contribution < -0.4 is 5.32 Å². The minimum absolute atomic E-state index is 0.0975. The van der Waals surface area contributed by atoms with Crippen LogP contribution in [-0.4, -0.2) is 36.4 Å². The molecule has 0 bridgehead atoms. The summed E-state index contributed by atoms with van der Waals surface area (Å²) >= 11 is 0. The summed E-state index contributed by atoms with van der Waals surface area (Å²) in [5, 5.41) is 13.7. The van der Waals surface area contributed by atoms with E-state index in [0.717, 1.165) is 18.5 Å². The quantitative estimate of drug-likeness (QED) is 0.461. The van der Waals surface area contributed by atoms with Crippen molar-refractivity contribution in [2.24, 2.45) is 0 Å². The van der Waals surface area contributed by atoms with Gasteiger partial charge in [0.2, 0.25) is 5.91 Å². The lowest BCUT2D eigenvalue weighted by molar-refractivity contribution is -0.384. The third-order valence-electron chi connectivity index (χ3n) is 2.72. The maximum absolute atomic E-state index is 11.3. The highest BCUT2D eigenvalue weighted by Gasteiger charge is 2.04. The van der Waals surface area contributed by atoms with E-state index in [2.05, 4.69) is 5.32 Å². The number of hydrogen-bond donors (Lipinski definition) is 1. The predicted octanol–water partition coefficient (Wildman–Crippen LogP) is 1.55. The van der Waals surface area contributed by atoms with E-state index < -0.39 is 4.92 Å². The molecule has 0 unspecified atom stereocenters. The second-order valence-electron chi connectivity index (χ2n) is 4.49. The van der Waals surface area contributed by atoms with E-state index in [-0.39, 0.29) is 11.6 Å². The van der Waals surface area contributed by atoms with Crippen molar-refractivity contribution >= 4 is 11.6 Å². The zero-order valence-electron chi connectivity index (χ0n) is 11.3. The molecule has 0 atom stereocenters. The predicted molar refractivity (Wildman–Crippen MR) is 72.7 cm³/mol. The van der Waals surface area contributed by atoms with Gasteiger partial charge in [-0.25, -0.2) is 0 Å². The summed E-state index contributed by atoms with van der Waals surface area (Å²) in [6.07, 6.45) is 1.31. The molecule has 0 aliphatic rings.